The molecule has 1 saturated carbocycles. The molecular weight excluding hydrogens is 232 g/mol. The highest BCUT2D eigenvalue weighted by atomic mass is 32.1. The van der Waals surface area contributed by atoms with Gasteiger partial charge in [0.1, 0.15) is 16.8 Å². The molecule has 17 heavy (non-hydrogen) atoms. The number of nitrogens with two attached hydrogens (primary N) is 1. The molecule has 0 bridgehead atoms. The van der Waals surface area contributed by atoms with Crippen LogP contribution in [0.3, 0.4) is 0 Å². The zero-order valence-electron chi connectivity index (χ0n) is 9.89. The van der Waals surface area contributed by atoms with Crippen molar-refractivity contribution >= 4 is 17.2 Å². The standard InChI is InChI=1S/C13H18N2OS/c14-13(17)11-8-5-9-12(15-11)16-10-6-3-1-2-4-7-10/h5,8-10H,1-4,6-7H2,(H2,14,17). The Kier molecular flexibility index (Phi) is 4.31. The zero-order chi connectivity index (χ0) is 12.1. The summed E-state index contributed by atoms with van der Waals surface area (Å²) >= 11 is 4.91. The molecule has 0 amide bonds. The molecule has 2 rings (SSSR count). The highest BCUT2D eigenvalue weighted by Crippen LogP contribution is 2.21. The Morgan fingerprint density at radius 1 is 1.24 bits per heavy atom. The lowest BCUT2D eigenvalue weighted by Crippen LogP contribution is -2.17. The summed E-state index contributed by atoms with van der Waals surface area (Å²) in [7, 11) is 0. The molecule has 3 nitrogen and oxygen atoms in total. The molecule has 0 aromatic carbocycles. The van der Waals surface area contributed by atoms with Crippen LogP contribution >= 0.6 is 12.2 Å². The first-order chi connectivity index (χ1) is 8.25. The number of nitrogens with zero attached hydrogens (tertiary/aromatic N) is 1. The van der Waals surface area contributed by atoms with E-state index in [0.29, 0.717) is 22.7 Å². The topological polar surface area (TPSA) is 48.1 Å². The fraction of sp³-hybridized carbons (Fsp3) is 0.538. The van der Waals surface area contributed by atoms with Gasteiger partial charge in [-0.1, -0.05) is 31.1 Å². The molecule has 1 aromatic heterocycles. The van der Waals surface area contributed by atoms with Crippen molar-refractivity contribution in [3.63, 3.8) is 0 Å². The van der Waals surface area contributed by atoms with E-state index >= 15 is 0 Å². The van der Waals surface area contributed by atoms with Crippen LogP contribution in [-0.4, -0.2) is 16.1 Å². The summed E-state index contributed by atoms with van der Waals surface area (Å²) in [6.07, 6.45) is 7.68. The molecule has 1 aliphatic rings. The van der Waals surface area contributed by atoms with Crippen molar-refractivity contribution in [3.8, 4) is 5.88 Å². The predicted octanol–water partition coefficient (Wildman–Crippen LogP) is 2.82. The third-order valence-corrected chi connectivity index (χ3v) is 3.27. The van der Waals surface area contributed by atoms with Crippen molar-refractivity contribution in [3.05, 3.63) is 23.9 Å². The maximum atomic E-state index is 5.90. The third kappa shape index (κ3) is 3.66. The Balaban J connectivity index is 2.01. The van der Waals surface area contributed by atoms with Gasteiger partial charge in [0.25, 0.3) is 0 Å². The molecule has 1 aliphatic carbocycles. The summed E-state index contributed by atoms with van der Waals surface area (Å²) in [5, 5.41) is 0. The van der Waals surface area contributed by atoms with Crippen LogP contribution in [0, 0.1) is 0 Å². The van der Waals surface area contributed by atoms with Crippen LogP contribution in [0.4, 0.5) is 0 Å². The van der Waals surface area contributed by atoms with Crippen molar-refractivity contribution in [1.82, 2.24) is 4.98 Å². The molecule has 92 valence electrons. The van der Waals surface area contributed by atoms with Crippen LogP contribution in [0.2, 0.25) is 0 Å². The van der Waals surface area contributed by atoms with E-state index in [-0.39, 0.29) is 0 Å². The van der Waals surface area contributed by atoms with Crippen molar-refractivity contribution in [2.24, 2.45) is 5.73 Å². The van der Waals surface area contributed by atoms with Crippen molar-refractivity contribution in [2.45, 2.75) is 44.6 Å². The number of ether oxygens (including phenoxy) is 1. The number of hydrogen-bond donors (Lipinski definition) is 1. The van der Waals surface area contributed by atoms with Gasteiger partial charge in [0.2, 0.25) is 5.88 Å². The van der Waals surface area contributed by atoms with Gasteiger partial charge in [-0.25, -0.2) is 4.98 Å². The molecule has 0 unspecified atom stereocenters. The second-order valence-corrected chi connectivity index (χ2v) is 4.90. The van der Waals surface area contributed by atoms with Crippen LogP contribution in [0.25, 0.3) is 0 Å². The van der Waals surface area contributed by atoms with Crippen LogP contribution in [0.1, 0.15) is 44.2 Å². The molecule has 1 heterocycles. The van der Waals surface area contributed by atoms with Gasteiger partial charge in [0.15, 0.2) is 0 Å². The minimum absolute atomic E-state index is 0.298. The molecule has 1 fully saturated rings. The van der Waals surface area contributed by atoms with Gasteiger partial charge in [-0.3, -0.25) is 0 Å². The molecule has 0 radical (unpaired) electrons. The smallest absolute Gasteiger partial charge is 0.214 e. The first-order valence-corrected chi connectivity index (χ1v) is 6.60. The quantitative estimate of drug-likeness (QED) is 0.662. The maximum Gasteiger partial charge on any atom is 0.214 e. The van der Waals surface area contributed by atoms with Gasteiger partial charge in [-0.2, -0.15) is 0 Å². The average molecular weight is 250 g/mol. The molecule has 0 aliphatic heterocycles. The molecule has 0 spiro atoms. The van der Waals surface area contributed by atoms with E-state index in [4.69, 9.17) is 22.7 Å². The Morgan fingerprint density at radius 2 is 1.94 bits per heavy atom. The Morgan fingerprint density at radius 3 is 2.59 bits per heavy atom. The van der Waals surface area contributed by atoms with Crippen LogP contribution in [0.5, 0.6) is 5.88 Å². The fourth-order valence-electron chi connectivity index (χ4n) is 2.15. The summed E-state index contributed by atoms with van der Waals surface area (Å²) in [4.78, 5) is 4.62. The fourth-order valence-corrected chi connectivity index (χ4v) is 2.26. The Hall–Kier alpha value is -1.16. The first kappa shape index (κ1) is 12.3. The highest BCUT2D eigenvalue weighted by molar-refractivity contribution is 7.80. The highest BCUT2D eigenvalue weighted by Gasteiger charge is 2.14. The predicted molar refractivity (Wildman–Crippen MR) is 72.2 cm³/mol. The minimum atomic E-state index is 0.298. The van der Waals surface area contributed by atoms with E-state index in [9.17, 15) is 0 Å². The Labute approximate surface area is 107 Å². The molecular formula is C13H18N2OS. The molecule has 2 N–H and O–H groups in total. The van der Waals surface area contributed by atoms with Crippen molar-refractivity contribution in [1.29, 1.82) is 0 Å². The van der Waals surface area contributed by atoms with Crippen molar-refractivity contribution < 1.29 is 4.74 Å². The summed E-state index contributed by atoms with van der Waals surface area (Å²) in [6.45, 7) is 0. The number of hydrogen-bond acceptors (Lipinski definition) is 3. The average Bonchev–Trinajstić information content (AvgIpc) is 2.58. The SMILES string of the molecule is NC(=S)c1cccc(OC2CCCCCC2)n1. The maximum absolute atomic E-state index is 5.90. The van der Waals surface area contributed by atoms with Crippen LogP contribution < -0.4 is 10.5 Å². The lowest BCUT2D eigenvalue weighted by Gasteiger charge is -2.16. The van der Waals surface area contributed by atoms with Gasteiger partial charge in [-0.15, -0.1) is 0 Å². The lowest BCUT2D eigenvalue weighted by atomic mass is 10.1. The van der Waals surface area contributed by atoms with Crippen LogP contribution in [-0.2, 0) is 0 Å². The number of pyridine rings is 1. The normalized spacial score (nSPS) is 17.4. The Bertz CT molecular complexity index is 387. The minimum Gasteiger partial charge on any atom is -0.474 e. The van der Waals surface area contributed by atoms with Crippen LogP contribution in [0.15, 0.2) is 18.2 Å². The number of aromatic nitrogens is 1. The zero-order valence-corrected chi connectivity index (χ0v) is 10.7. The molecule has 0 atom stereocenters. The number of thiocarbonyl (C=S) groups is 1. The summed E-state index contributed by atoms with van der Waals surface area (Å²) in [5.74, 6) is 0.641. The first-order valence-electron chi connectivity index (χ1n) is 6.19. The molecule has 0 saturated heterocycles. The van der Waals surface area contributed by atoms with E-state index < -0.39 is 0 Å². The molecule has 1 aromatic rings. The van der Waals surface area contributed by atoms with E-state index in [1.54, 1.807) is 0 Å². The third-order valence-electron chi connectivity index (χ3n) is 3.07. The number of rotatable bonds is 3. The monoisotopic (exact) mass is 250 g/mol. The second kappa shape index (κ2) is 5.96. The van der Waals surface area contributed by atoms with Crippen molar-refractivity contribution in [2.75, 3.05) is 0 Å². The van der Waals surface area contributed by atoms with E-state index in [2.05, 4.69) is 4.98 Å². The van der Waals surface area contributed by atoms with Gasteiger partial charge in [0.05, 0.1) is 0 Å². The lowest BCUT2D eigenvalue weighted by molar-refractivity contribution is 0.176. The summed E-state index contributed by atoms with van der Waals surface area (Å²) in [5.41, 5.74) is 6.18. The summed E-state index contributed by atoms with van der Waals surface area (Å²) < 4.78 is 5.90. The largest absolute Gasteiger partial charge is 0.474 e. The van der Waals surface area contributed by atoms with Gasteiger partial charge < -0.3 is 10.5 Å². The summed E-state index contributed by atoms with van der Waals surface area (Å²) in [6, 6.07) is 5.56. The van der Waals surface area contributed by atoms with Gasteiger partial charge in [0, 0.05) is 6.07 Å². The van der Waals surface area contributed by atoms with E-state index in [0.717, 1.165) is 12.8 Å². The van der Waals surface area contributed by atoms with E-state index in [1.807, 2.05) is 18.2 Å². The van der Waals surface area contributed by atoms with Gasteiger partial charge in [-0.05, 0) is 31.7 Å². The molecule has 4 heteroatoms. The second-order valence-electron chi connectivity index (χ2n) is 4.46. The van der Waals surface area contributed by atoms with E-state index in [1.165, 1.54) is 25.7 Å². The van der Waals surface area contributed by atoms with Gasteiger partial charge >= 0.3 is 0 Å².